The summed E-state index contributed by atoms with van der Waals surface area (Å²) in [4.78, 5) is 51.3. The Morgan fingerprint density at radius 1 is 1.11 bits per heavy atom. The van der Waals surface area contributed by atoms with Crippen molar-refractivity contribution in [1.82, 2.24) is 10.2 Å². The largest absolute Gasteiger partial charge is 0.467 e. The van der Waals surface area contributed by atoms with E-state index in [9.17, 15) is 19.2 Å². The van der Waals surface area contributed by atoms with Gasteiger partial charge in [-0.15, -0.1) is 11.8 Å². The molecule has 0 saturated carbocycles. The van der Waals surface area contributed by atoms with Gasteiger partial charge < -0.3 is 20.1 Å². The van der Waals surface area contributed by atoms with Gasteiger partial charge in [-0.1, -0.05) is 41.4 Å². The first-order valence-corrected chi connectivity index (χ1v) is 12.9. The average molecular weight is 554 g/mol. The molecule has 3 rings (SSSR count). The minimum absolute atomic E-state index is 0.141. The molecule has 2 N–H and O–H groups in total. The number of halogens is 2. The predicted octanol–water partition coefficient (Wildman–Crippen LogP) is 3.98. The average Bonchev–Trinajstić information content (AvgIpc) is 3.35. The van der Waals surface area contributed by atoms with Crippen LogP contribution in [-0.2, 0) is 25.5 Å². The van der Waals surface area contributed by atoms with Crippen LogP contribution in [0.4, 0.5) is 10.5 Å². The van der Waals surface area contributed by atoms with Gasteiger partial charge in [0.15, 0.2) is 0 Å². The minimum Gasteiger partial charge on any atom is -0.467 e. The first-order valence-electron chi connectivity index (χ1n) is 11.0. The third-order valence-electron chi connectivity index (χ3n) is 5.33. The second-order valence-corrected chi connectivity index (χ2v) is 9.53. The molecule has 2 atom stereocenters. The Labute approximate surface area is 222 Å². The van der Waals surface area contributed by atoms with Gasteiger partial charge in [-0.25, -0.2) is 9.59 Å². The number of thioether (sulfide) groups is 1. The number of amides is 3. The fraction of sp³-hybridized carbons (Fsp3) is 0.333. The topological polar surface area (TPSA) is 114 Å². The monoisotopic (exact) mass is 553 g/mol. The van der Waals surface area contributed by atoms with Crippen LogP contribution in [0.3, 0.4) is 0 Å². The summed E-state index contributed by atoms with van der Waals surface area (Å²) in [6.07, 6.45) is -0.435. The molecule has 12 heteroatoms. The van der Waals surface area contributed by atoms with Gasteiger partial charge in [0.1, 0.15) is 12.1 Å². The van der Waals surface area contributed by atoms with Crippen LogP contribution in [0.5, 0.6) is 0 Å². The molecule has 3 amide bonds. The molecule has 1 aliphatic rings. The van der Waals surface area contributed by atoms with Gasteiger partial charge in [0, 0.05) is 17.9 Å². The maximum Gasteiger partial charge on any atom is 0.411 e. The maximum absolute atomic E-state index is 12.9. The SMILES string of the molecule is CCOC(=O)N1CSC[C@H]1C(=O)NC(Cc1ccc(NC(=O)c2c(Cl)cccc2Cl)cc1)C(=O)OC. The maximum atomic E-state index is 12.9. The molecule has 0 aromatic heterocycles. The number of rotatable bonds is 8. The lowest BCUT2D eigenvalue weighted by Gasteiger charge is -2.24. The molecule has 1 saturated heterocycles. The summed E-state index contributed by atoms with van der Waals surface area (Å²) in [7, 11) is 1.23. The van der Waals surface area contributed by atoms with Crippen molar-refractivity contribution in [1.29, 1.82) is 0 Å². The lowest BCUT2D eigenvalue weighted by Crippen LogP contribution is -2.52. The number of methoxy groups -OCH3 is 1. The van der Waals surface area contributed by atoms with Crippen molar-refractivity contribution in [2.75, 3.05) is 30.7 Å². The summed E-state index contributed by atoms with van der Waals surface area (Å²) in [5.74, 6) is -0.834. The Morgan fingerprint density at radius 2 is 1.78 bits per heavy atom. The number of benzene rings is 2. The molecule has 1 unspecified atom stereocenters. The van der Waals surface area contributed by atoms with Crippen molar-refractivity contribution in [2.24, 2.45) is 0 Å². The number of nitrogens with zero attached hydrogens (tertiary/aromatic N) is 1. The Hall–Kier alpha value is -2.95. The van der Waals surface area contributed by atoms with Crippen LogP contribution in [0.25, 0.3) is 0 Å². The molecule has 2 aromatic carbocycles. The fourth-order valence-corrected chi connectivity index (χ4v) is 5.23. The summed E-state index contributed by atoms with van der Waals surface area (Å²) in [5, 5.41) is 5.88. The molecule has 9 nitrogen and oxygen atoms in total. The van der Waals surface area contributed by atoms with E-state index in [-0.39, 0.29) is 28.6 Å². The zero-order valence-electron chi connectivity index (χ0n) is 19.6. The third kappa shape index (κ3) is 6.83. The van der Waals surface area contributed by atoms with Gasteiger partial charge in [-0.05, 0) is 36.8 Å². The summed E-state index contributed by atoms with van der Waals surface area (Å²) < 4.78 is 9.88. The van der Waals surface area contributed by atoms with E-state index >= 15 is 0 Å². The van der Waals surface area contributed by atoms with Gasteiger partial charge in [-0.3, -0.25) is 14.5 Å². The molecule has 2 aromatic rings. The lowest BCUT2D eigenvalue weighted by atomic mass is 10.0. The molecule has 0 aliphatic carbocycles. The Kier molecular flexibility index (Phi) is 9.86. The zero-order chi connectivity index (χ0) is 26.2. The molecule has 0 bridgehead atoms. The smallest absolute Gasteiger partial charge is 0.411 e. The normalized spacial score (nSPS) is 15.7. The number of hydrogen-bond donors (Lipinski definition) is 2. The van der Waals surface area contributed by atoms with E-state index in [2.05, 4.69) is 10.6 Å². The molecule has 1 aliphatic heterocycles. The highest BCUT2D eigenvalue weighted by Gasteiger charge is 2.37. The molecule has 0 spiro atoms. The Bertz CT molecular complexity index is 1110. The number of carbonyl (C=O) groups excluding carboxylic acids is 4. The first kappa shape index (κ1) is 27.6. The van der Waals surface area contributed by atoms with E-state index in [1.165, 1.54) is 23.8 Å². The third-order valence-corrected chi connectivity index (χ3v) is 6.97. The van der Waals surface area contributed by atoms with E-state index in [4.69, 9.17) is 32.7 Å². The number of carbonyl (C=O) groups is 4. The summed E-state index contributed by atoms with van der Waals surface area (Å²) >= 11 is 13.6. The van der Waals surface area contributed by atoms with Crippen molar-refractivity contribution in [3.63, 3.8) is 0 Å². The Balaban J connectivity index is 1.66. The van der Waals surface area contributed by atoms with E-state index in [0.29, 0.717) is 22.9 Å². The van der Waals surface area contributed by atoms with Crippen molar-refractivity contribution in [3.05, 3.63) is 63.6 Å². The zero-order valence-corrected chi connectivity index (χ0v) is 21.9. The highest BCUT2D eigenvalue weighted by molar-refractivity contribution is 7.99. The number of ether oxygens (including phenoxy) is 2. The van der Waals surface area contributed by atoms with Crippen molar-refractivity contribution >= 4 is 64.5 Å². The molecular formula is C24H25Cl2N3O6S. The molecule has 1 fully saturated rings. The highest BCUT2D eigenvalue weighted by atomic mass is 35.5. The van der Waals surface area contributed by atoms with Gasteiger partial charge in [0.05, 0.1) is 35.2 Å². The minimum atomic E-state index is -0.973. The summed E-state index contributed by atoms with van der Waals surface area (Å²) in [6, 6.07) is 9.80. The van der Waals surface area contributed by atoms with Gasteiger partial charge in [-0.2, -0.15) is 0 Å². The summed E-state index contributed by atoms with van der Waals surface area (Å²) in [5.41, 5.74) is 1.37. The van der Waals surface area contributed by atoms with Crippen LogP contribution in [0.15, 0.2) is 42.5 Å². The van der Waals surface area contributed by atoms with Crippen molar-refractivity contribution in [2.45, 2.75) is 25.4 Å². The van der Waals surface area contributed by atoms with Crippen molar-refractivity contribution < 1.29 is 28.7 Å². The van der Waals surface area contributed by atoms with E-state index in [0.717, 1.165) is 0 Å². The molecular weight excluding hydrogens is 529 g/mol. The van der Waals surface area contributed by atoms with Gasteiger partial charge in [0.25, 0.3) is 5.91 Å². The summed E-state index contributed by atoms with van der Waals surface area (Å²) in [6.45, 7) is 1.88. The standard InChI is InChI=1S/C24H25Cl2N3O6S/c1-3-35-24(33)29-13-36-12-19(29)21(30)28-18(23(32)34-2)11-14-7-9-15(10-8-14)27-22(31)20-16(25)5-4-6-17(20)26/h4-10,18-19H,3,11-13H2,1-2H3,(H,27,31)(H,28,30)/t18?,19-/m0/s1. The second-order valence-electron chi connectivity index (χ2n) is 7.72. The van der Waals surface area contributed by atoms with Gasteiger partial charge >= 0.3 is 12.1 Å². The number of esters is 1. The van der Waals surface area contributed by atoms with Crippen LogP contribution >= 0.6 is 35.0 Å². The molecule has 36 heavy (non-hydrogen) atoms. The number of anilines is 1. The molecule has 192 valence electrons. The first-order chi connectivity index (χ1) is 17.2. The number of hydrogen-bond acceptors (Lipinski definition) is 7. The second kappa shape index (κ2) is 12.8. The van der Waals surface area contributed by atoms with E-state index < -0.39 is 36.0 Å². The highest BCUT2D eigenvalue weighted by Crippen LogP contribution is 2.26. The molecule has 0 radical (unpaired) electrons. The van der Waals surface area contributed by atoms with Crippen LogP contribution in [0.1, 0.15) is 22.8 Å². The Morgan fingerprint density at radius 3 is 2.39 bits per heavy atom. The lowest BCUT2D eigenvalue weighted by molar-refractivity contribution is -0.145. The van der Waals surface area contributed by atoms with E-state index in [1.54, 1.807) is 49.4 Å². The number of nitrogens with one attached hydrogen (secondary N) is 2. The quantitative estimate of drug-likeness (QED) is 0.475. The van der Waals surface area contributed by atoms with Crippen LogP contribution in [-0.4, -0.2) is 66.2 Å². The predicted molar refractivity (Wildman–Crippen MR) is 138 cm³/mol. The van der Waals surface area contributed by atoms with Crippen molar-refractivity contribution in [3.8, 4) is 0 Å². The van der Waals surface area contributed by atoms with Gasteiger partial charge in [0.2, 0.25) is 5.91 Å². The van der Waals surface area contributed by atoms with Crippen LogP contribution in [0.2, 0.25) is 10.0 Å². The fourth-order valence-electron chi connectivity index (χ4n) is 3.52. The van der Waals surface area contributed by atoms with Crippen LogP contribution in [0, 0.1) is 0 Å². The van der Waals surface area contributed by atoms with E-state index in [1.807, 2.05) is 0 Å². The molecule has 1 heterocycles. The van der Waals surface area contributed by atoms with Crippen LogP contribution < -0.4 is 10.6 Å².